The number of ether oxygens (including phenoxy) is 3. The molecule has 0 saturated heterocycles. The van der Waals surface area contributed by atoms with Crippen LogP contribution in [0.1, 0.15) is 15.9 Å². The third kappa shape index (κ3) is 3.51. The number of carbonyl (C=O) groups excluding carboxylic acids is 1. The van der Waals surface area contributed by atoms with Gasteiger partial charge in [0.1, 0.15) is 0 Å². The monoisotopic (exact) mass is 321 g/mol. The van der Waals surface area contributed by atoms with Crippen molar-refractivity contribution in [2.45, 2.75) is 6.42 Å². The summed E-state index contributed by atoms with van der Waals surface area (Å²) < 4.78 is 15.8. The van der Waals surface area contributed by atoms with Crippen molar-refractivity contribution in [2.24, 2.45) is 0 Å². The smallest absolute Gasteiger partial charge is 0.255 e. The molecule has 0 aliphatic heterocycles. The Bertz CT molecular complexity index is 625. The summed E-state index contributed by atoms with van der Waals surface area (Å²) >= 11 is 1.65. The van der Waals surface area contributed by atoms with Crippen LogP contribution in [0.2, 0.25) is 0 Å². The standard InChI is InChI=1S/C16H19NO4S/c1-19-13-5-4-12(14(20-2)15(13)21-3)16(18)17-8-6-11-7-9-22-10-11/h4-5,7,9-10H,6,8H2,1-3H3,(H,17,18). The molecule has 0 atom stereocenters. The maximum absolute atomic E-state index is 12.3. The van der Waals surface area contributed by atoms with E-state index in [-0.39, 0.29) is 5.91 Å². The van der Waals surface area contributed by atoms with E-state index in [4.69, 9.17) is 14.2 Å². The number of carbonyl (C=O) groups is 1. The predicted octanol–water partition coefficient (Wildman–Crippen LogP) is 2.75. The van der Waals surface area contributed by atoms with Crippen LogP contribution < -0.4 is 19.5 Å². The summed E-state index contributed by atoms with van der Waals surface area (Å²) in [7, 11) is 4.55. The Morgan fingerprint density at radius 3 is 2.45 bits per heavy atom. The zero-order valence-corrected chi connectivity index (χ0v) is 13.7. The largest absolute Gasteiger partial charge is 0.493 e. The minimum absolute atomic E-state index is 0.201. The number of methoxy groups -OCH3 is 3. The van der Waals surface area contributed by atoms with Crippen molar-refractivity contribution in [3.05, 3.63) is 40.1 Å². The van der Waals surface area contributed by atoms with Crippen molar-refractivity contribution in [3.63, 3.8) is 0 Å². The Balaban J connectivity index is 2.11. The van der Waals surface area contributed by atoms with E-state index in [0.717, 1.165) is 6.42 Å². The van der Waals surface area contributed by atoms with Gasteiger partial charge < -0.3 is 19.5 Å². The summed E-state index contributed by atoms with van der Waals surface area (Å²) in [6.07, 6.45) is 0.796. The number of hydrogen-bond donors (Lipinski definition) is 1. The molecule has 1 amide bonds. The van der Waals surface area contributed by atoms with Gasteiger partial charge in [-0.1, -0.05) is 0 Å². The zero-order valence-electron chi connectivity index (χ0n) is 12.8. The van der Waals surface area contributed by atoms with Crippen LogP contribution in [0.25, 0.3) is 0 Å². The minimum Gasteiger partial charge on any atom is -0.493 e. The summed E-state index contributed by atoms with van der Waals surface area (Å²) in [5, 5.41) is 6.98. The quantitative estimate of drug-likeness (QED) is 0.852. The van der Waals surface area contributed by atoms with Crippen molar-refractivity contribution in [1.29, 1.82) is 0 Å². The molecule has 6 heteroatoms. The molecule has 0 aliphatic rings. The van der Waals surface area contributed by atoms with Crippen molar-refractivity contribution in [3.8, 4) is 17.2 Å². The van der Waals surface area contributed by atoms with Crippen molar-refractivity contribution in [2.75, 3.05) is 27.9 Å². The lowest BCUT2D eigenvalue weighted by Gasteiger charge is -2.15. The summed E-state index contributed by atoms with van der Waals surface area (Å²) in [4.78, 5) is 12.3. The molecule has 0 unspecified atom stereocenters. The Morgan fingerprint density at radius 2 is 1.86 bits per heavy atom. The van der Waals surface area contributed by atoms with Crippen LogP contribution >= 0.6 is 11.3 Å². The highest BCUT2D eigenvalue weighted by Gasteiger charge is 2.20. The number of thiophene rings is 1. The Hall–Kier alpha value is -2.21. The summed E-state index contributed by atoms with van der Waals surface area (Å²) in [5.74, 6) is 1.10. The lowest BCUT2D eigenvalue weighted by Crippen LogP contribution is -2.26. The zero-order chi connectivity index (χ0) is 15.9. The molecule has 0 fully saturated rings. The van der Waals surface area contributed by atoms with E-state index in [1.165, 1.54) is 26.9 Å². The second kappa shape index (κ2) is 7.70. The molecule has 118 valence electrons. The van der Waals surface area contributed by atoms with Gasteiger partial charge in [-0.15, -0.1) is 0 Å². The Morgan fingerprint density at radius 1 is 1.09 bits per heavy atom. The molecule has 0 aliphatic carbocycles. The molecular formula is C16H19NO4S. The van der Waals surface area contributed by atoms with Crippen LogP contribution in [0.3, 0.4) is 0 Å². The third-order valence-electron chi connectivity index (χ3n) is 3.23. The molecule has 1 heterocycles. The maximum atomic E-state index is 12.3. The highest BCUT2D eigenvalue weighted by atomic mass is 32.1. The molecule has 22 heavy (non-hydrogen) atoms. The normalized spacial score (nSPS) is 10.1. The molecule has 1 N–H and O–H groups in total. The van der Waals surface area contributed by atoms with Gasteiger partial charge in [0.15, 0.2) is 11.5 Å². The van der Waals surface area contributed by atoms with Crippen molar-refractivity contribution < 1.29 is 19.0 Å². The van der Waals surface area contributed by atoms with Crippen molar-refractivity contribution >= 4 is 17.2 Å². The Labute approximate surface area is 133 Å². The average molecular weight is 321 g/mol. The van der Waals surface area contributed by atoms with Gasteiger partial charge in [-0.2, -0.15) is 11.3 Å². The van der Waals surface area contributed by atoms with Crippen LogP contribution in [0, 0.1) is 0 Å². The first kappa shape index (κ1) is 16.2. The highest BCUT2D eigenvalue weighted by molar-refractivity contribution is 7.07. The fourth-order valence-electron chi connectivity index (χ4n) is 2.13. The predicted molar refractivity (Wildman–Crippen MR) is 86.5 cm³/mol. The van der Waals surface area contributed by atoms with Crippen LogP contribution in [0.4, 0.5) is 0 Å². The number of amides is 1. The average Bonchev–Trinajstić information content (AvgIpc) is 3.06. The SMILES string of the molecule is COc1ccc(C(=O)NCCc2ccsc2)c(OC)c1OC. The second-order valence-electron chi connectivity index (χ2n) is 4.52. The molecule has 1 aromatic carbocycles. The van der Waals surface area contributed by atoms with Gasteiger partial charge in [-0.05, 0) is 40.9 Å². The summed E-state index contributed by atoms with van der Waals surface area (Å²) in [5.41, 5.74) is 1.63. The number of rotatable bonds is 7. The fraction of sp³-hybridized carbons (Fsp3) is 0.312. The summed E-state index contributed by atoms with van der Waals surface area (Å²) in [6.45, 7) is 0.563. The third-order valence-corrected chi connectivity index (χ3v) is 3.96. The van der Waals surface area contributed by atoms with Gasteiger partial charge in [0, 0.05) is 6.54 Å². The minimum atomic E-state index is -0.201. The van der Waals surface area contributed by atoms with Gasteiger partial charge in [0.2, 0.25) is 5.75 Å². The molecule has 5 nitrogen and oxygen atoms in total. The molecular weight excluding hydrogens is 302 g/mol. The maximum Gasteiger partial charge on any atom is 0.255 e. The van der Waals surface area contributed by atoms with E-state index in [9.17, 15) is 4.79 Å². The van der Waals surface area contributed by atoms with Gasteiger partial charge in [-0.3, -0.25) is 4.79 Å². The van der Waals surface area contributed by atoms with Gasteiger partial charge in [0.25, 0.3) is 5.91 Å². The van der Waals surface area contributed by atoms with E-state index >= 15 is 0 Å². The molecule has 0 bridgehead atoms. The number of nitrogens with one attached hydrogen (secondary N) is 1. The van der Waals surface area contributed by atoms with Crippen LogP contribution in [0.5, 0.6) is 17.2 Å². The Kier molecular flexibility index (Phi) is 5.66. The molecule has 0 spiro atoms. The first-order valence-corrected chi connectivity index (χ1v) is 7.73. The van der Waals surface area contributed by atoms with Gasteiger partial charge in [-0.25, -0.2) is 0 Å². The lowest BCUT2D eigenvalue weighted by atomic mass is 10.1. The molecule has 0 radical (unpaired) electrons. The topological polar surface area (TPSA) is 56.8 Å². The van der Waals surface area contributed by atoms with Crippen LogP contribution in [-0.2, 0) is 6.42 Å². The number of hydrogen-bond acceptors (Lipinski definition) is 5. The van der Waals surface area contributed by atoms with E-state index in [1.807, 2.05) is 11.4 Å². The van der Waals surface area contributed by atoms with E-state index in [2.05, 4.69) is 10.7 Å². The number of benzene rings is 1. The second-order valence-corrected chi connectivity index (χ2v) is 5.30. The van der Waals surface area contributed by atoms with Gasteiger partial charge in [0.05, 0.1) is 26.9 Å². The first-order valence-electron chi connectivity index (χ1n) is 6.79. The van der Waals surface area contributed by atoms with Crippen molar-refractivity contribution in [1.82, 2.24) is 5.32 Å². The van der Waals surface area contributed by atoms with Gasteiger partial charge >= 0.3 is 0 Å². The highest BCUT2D eigenvalue weighted by Crippen LogP contribution is 2.39. The molecule has 2 rings (SSSR count). The molecule has 2 aromatic rings. The van der Waals surface area contributed by atoms with E-state index in [1.54, 1.807) is 23.5 Å². The van der Waals surface area contributed by atoms with Crippen LogP contribution in [0.15, 0.2) is 29.0 Å². The lowest BCUT2D eigenvalue weighted by molar-refractivity contribution is 0.0950. The van der Waals surface area contributed by atoms with E-state index in [0.29, 0.717) is 29.4 Å². The van der Waals surface area contributed by atoms with E-state index < -0.39 is 0 Å². The molecule has 1 aromatic heterocycles. The first-order chi connectivity index (χ1) is 10.7. The fourth-order valence-corrected chi connectivity index (χ4v) is 2.83. The molecule has 0 saturated carbocycles. The van der Waals surface area contributed by atoms with Crippen LogP contribution in [-0.4, -0.2) is 33.8 Å². The summed E-state index contributed by atoms with van der Waals surface area (Å²) in [6, 6.07) is 5.41.